The largest absolute Gasteiger partial charge is 0.0802 e. The molecule has 1 aromatic carbocycles. The molecule has 3 rings (SSSR count). The van der Waals surface area contributed by atoms with Crippen molar-refractivity contribution in [1.82, 2.24) is 0 Å². The zero-order valence-corrected chi connectivity index (χ0v) is 7.96. The van der Waals surface area contributed by atoms with E-state index in [4.69, 9.17) is 0 Å². The Balaban J connectivity index is 2.12. The van der Waals surface area contributed by atoms with Crippen molar-refractivity contribution >= 4 is 6.08 Å². The fraction of sp³-hybridized carbons (Fsp3) is 0.385. The third-order valence-electron chi connectivity index (χ3n) is 3.32. The van der Waals surface area contributed by atoms with Crippen LogP contribution in [0.25, 0.3) is 6.08 Å². The van der Waals surface area contributed by atoms with Gasteiger partial charge in [-0.2, -0.15) is 0 Å². The molecule has 66 valence electrons. The summed E-state index contributed by atoms with van der Waals surface area (Å²) in [6.45, 7) is 2.23. The van der Waals surface area contributed by atoms with Crippen molar-refractivity contribution in [3.63, 3.8) is 0 Å². The van der Waals surface area contributed by atoms with Gasteiger partial charge < -0.3 is 0 Å². The number of benzene rings is 1. The van der Waals surface area contributed by atoms with Crippen molar-refractivity contribution in [2.45, 2.75) is 25.7 Å². The highest BCUT2D eigenvalue weighted by molar-refractivity contribution is 5.61. The van der Waals surface area contributed by atoms with E-state index in [2.05, 4.69) is 37.3 Å². The molecule has 0 saturated heterocycles. The Morgan fingerprint density at radius 3 is 3.15 bits per heavy atom. The SMILES string of the molecule is CCc1ccc2c(c1)C1CC1C=C2. The maximum absolute atomic E-state index is 2.41. The molecular formula is C13H14. The van der Waals surface area contributed by atoms with Crippen LogP contribution in [0, 0.1) is 5.92 Å². The van der Waals surface area contributed by atoms with Gasteiger partial charge in [-0.25, -0.2) is 0 Å². The van der Waals surface area contributed by atoms with E-state index >= 15 is 0 Å². The molecule has 0 heterocycles. The molecule has 0 aromatic heterocycles. The van der Waals surface area contributed by atoms with Gasteiger partial charge in [0.25, 0.3) is 0 Å². The Morgan fingerprint density at radius 2 is 2.31 bits per heavy atom. The standard InChI is InChI=1S/C13H14/c1-2-9-3-4-10-5-6-11-8-13(11)12(10)7-9/h3-7,11,13H,2,8H2,1H3. The van der Waals surface area contributed by atoms with Crippen LogP contribution in [0.1, 0.15) is 36.0 Å². The van der Waals surface area contributed by atoms with Crippen molar-refractivity contribution in [3.05, 3.63) is 41.0 Å². The number of fused-ring (bicyclic) bond motifs is 3. The molecule has 0 amide bonds. The first kappa shape index (κ1) is 7.37. The normalized spacial score (nSPS) is 28.1. The van der Waals surface area contributed by atoms with Gasteiger partial charge in [-0.1, -0.05) is 37.3 Å². The summed E-state index contributed by atoms with van der Waals surface area (Å²) in [5.41, 5.74) is 4.54. The van der Waals surface area contributed by atoms with E-state index in [0.29, 0.717) is 0 Å². The number of aryl methyl sites for hydroxylation is 1. The summed E-state index contributed by atoms with van der Waals surface area (Å²) in [4.78, 5) is 0. The van der Waals surface area contributed by atoms with Crippen molar-refractivity contribution in [2.75, 3.05) is 0 Å². The zero-order valence-electron chi connectivity index (χ0n) is 7.96. The van der Waals surface area contributed by atoms with Crippen molar-refractivity contribution in [2.24, 2.45) is 5.92 Å². The van der Waals surface area contributed by atoms with Crippen LogP contribution in [0.4, 0.5) is 0 Å². The van der Waals surface area contributed by atoms with E-state index in [1.165, 1.54) is 17.5 Å². The first-order valence-electron chi connectivity index (χ1n) is 5.19. The quantitative estimate of drug-likeness (QED) is 0.606. The third kappa shape index (κ3) is 1.05. The molecule has 0 spiro atoms. The average Bonchev–Trinajstić information content (AvgIpc) is 2.96. The molecule has 1 fully saturated rings. The molecule has 2 aliphatic rings. The van der Waals surface area contributed by atoms with Crippen LogP contribution in [0.15, 0.2) is 24.3 Å². The predicted octanol–water partition coefficient (Wildman–Crippen LogP) is 3.38. The molecule has 0 N–H and O–H groups in total. The Bertz CT molecular complexity index is 374. The first-order valence-corrected chi connectivity index (χ1v) is 5.19. The molecule has 1 saturated carbocycles. The number of hydrogen-bond acceptors (Lipinski definition) is 0. The predicted molar refractivity (Wildman–Crippen MR) is 55.7 cm³/mol. The molecule has 0 heteroatoms. The van der Waals surface area contributed by atoms with Crippen molar-refractivity contribution in [1.29, 1.82) is 0 Å². The van der Waals surface area contributed by atoms with Crippen LogP contribution >= 0.6 is 0 Å². The van der Waals surface area contributed by atoms with Gasteiger partial charge in [-0.05, 0) is 41.4 Å². The van der Waals surface area contributed by atoms with Crippen molar-refractivity contribution < 1.29 is 0 Å². The maximum atomic E-state index is 2.41. The highest BCUT2D eigenvalue weighted by Gasteiger charge is 2.39. The fourth-order valence-corrected chi connectivity index (χ4v) is 2.33. The lowest BCUT2D eigenvalue weighted by molar-refractivity contribution is 0.985. The number of rotatable bonds is 1. The topological polar surface area (TPSA) is 0 Å². The first-order chi connectivity index (χ1) is 6.38. The second kappa shape index (κ2) is 2.47. The Hall–Kier alpha value is -1.04. The van der Waals surface area contributed by atoms with Crippen LogP contribution < -0.4 is 0 Å². The van der Waals surface area contributed by atoms with Crippen molar-refractivity contribution in [3.8, 4) is 0 Å². The molecule has 13 heavy (non-hydrogen) atoms. The lowest BCUT2D eigenvalue weighted by atomic mass is 9.94. The van der Waals surface area contributed by atoms with Gasteiger partial charge in [0.2, 0.25) is 0 Å². The summed E-state index contributed by atoms with van der Waals surface area (Å²) in [5.74, 6) is 1.74. The number of hydrogen-bond donors (Lipinski definition) is 0. The molecule has 2 atom stereocenters. The lowest BCUT2D eigenvalue weighted by Crippen LogP contribution is -1.94. The zero-order chi connectivity index (χ0) is 8.84. The van der Waals surface area contributed by atoms with Crippen LogP contribution in [-0.4, -0.2) is 0 Å². The van der Waals surface area contributed by atoms with E-state index in [0.717, 1.165) is 18.3 Å². The molecule has 2 aliphatic carbocycles. The second-order valence-corrected chi connectivity index (χ2v) is 4.18. The summed E-state index contributed by atoms with van der Waals surface area (Å²) in [5, 5.41) is 0. The molecule has 2 unspecified atom stereocenters. The molecular weight excluding hydrogens is 156 g/mol. The third-order valence-corrected chi connectivity index (χ3v) is 3.32. The van der Waals surface area contributed by atoms with Gasteiger partial charge in [0.15, 0.2) is 0 Å². The van der Waals surface area contributed by atoms with Crippen LogP contribution in [0.3, 0.4) is 0 Å². The van der Waals surface area contributed by atoms with Crippen LogP contribution in [0.2, 0.25) is 0 Å². The summed E-state index contributed by atoms with van der Waals surface area (Å²) < 4.78 is 0. The highest BCUT2D eigenvalue weighted by atomic mass is 14.4. The van der Waals surface area contributed by atoms with E-state index in [1.54, 1.807) is 5.56 Å². The molecule has 0 nitrogen and oxygen atoms in total. The molecule has 0 radical (unpaired) electrons. The van der Waals surface area contributed by atoms with Crippen LogP contribution in [0.5, 0.6) is 0 Å². The van der Waals surface area contributed by atoms with Crippen LogP contribution in [-0.2, 0) is 6.42 Å². The summed E-state index contributed by atoms with van der Waals surface area (Å²) in [6.07, 6.45) is 7.21. The summed E-state index contributed by atoms with van der Waals surface area (Å²) in [6, 6.07) is 6.94. The van der Waals surface area contributed by atoms with Gasteiger partial charge in [0.05, 0.1) is 0 Å². The minimum atomic E-state index is 0.867. The minimum absolute atomic E-state index is 0.867. The highest BCUT2D eigenvalue weighted by Crippen LogP contribution is 2.52. The Morgan fingerprint density at radius 1 is 1.38 bits per heavy atom. The fourth-order valence-electron chi connectivity index (χ4n) is 2.33. The lowest BCUT2D eigenvalue weighted by Gasteiger charge is -2.10. The molecule has 0 aliphatic heterocycles. The van der Waals surface area contributed by atoms with Gasteiger partial charge in [-0.15, -0.1) is 0 Å². The minimum Gasteiger partial charge on any atom is -0.0802 e. The van der Waals surface area contributed by atoms with E-state index in [1.807, 2.05) is 0 Å². The molecule has 0 bridgehead atoms. The van der Waals surface area contributed by atoms with E-state index in [-0.39, 0.29) is 0 Å². The monoisotopic (exact) mass is 170 g/mol. The smallest absolute Gasteiger partial charge is 0.00868 e. The van der Waals surface area contributed by atoms with Gasteiger partial charge in [0.1, 0.15) is 0 Å². The van der Waals surface area contributed by atoms with Gasteiger partial charge in [-0.3, -0.25) is 0 Å². The maximum Gasteiger partial charge on any atom is -0.00868 e. The Kier molecular flexibility index (Phi) is 1.40. The number of allylic oxidation sites excluding steroid dienone is 1. The van der Waals surface area contributed by atoms with Gasteiger partial charge in [0, 0.05) is 0 Å². The van der Waals surface area contributed by atoms with E-state index < -0.39 is 0 Å². The second-order valence-electron chi connectivity index (χ2n) is 4.18. The van der Waals surface area contributed by atoms with Gasteiger partial charge >= 0.3 is 0 Å². The van der Waals surface area contributed by atoms with E-state index in [9.17, 15) is 0 Å². The molecule has 1 aromatic rings. The average molecular weight is 170 g/mol. The summed E-state index contributed by atoms with van der Waals surface area (Å²) >= 11 is 0. The summed E-state index contributed by atoms with van der Waals surface area (Å²) in [7, 11) is 0. The Labute approximate surface area is 79.3 Å².